The maximum Gasteiger partial charge on any atom is 0.239 e. The van der Waals surface area contributed by atoms with E-state index in [0.717, 1.165) is 12.2 Å². The average Bonchev–Trinajstić information content (AvgIpc) is 2.31. The number of thioether (sulfide) groups is 1. The normalized spacial score (nSPS) is 12.5. The molecule has 0 radical (unpaired) electrons. The smallest absolute Gasteiger partial charge is 0.239 e. The van der Waals surface area contributed by atoms with Gasteiger partial charge in [0.05, 0.1) is 12.6 Å². The van der Waals surface area contributed by atoms with E-state index < -0.39 is 0 Å². The molecule has 0 aromatic rings. The lowest BCUT2D eigenvalue weighted by molar-refractivity contribution is -0.133. The van der Waals surface area contributed by atoms with Crippen molar-refractivity contribution < 1.29 is 9.53 Å². The van der Waals surface area contributed by atoms with E-state index in [0.29, 0.717) is 26.3 Å². The zero-order valence-electron chi connectivity index (χ0n) is 10.6. The van der Waals surface area contributed by atoms with E-state index in [1.807, 2.05) is 20.1 Å². The van der Waals surface area contributed by atoms with Crippen molar-refractivity contribution in [1.29, 1.82) is 0 Å². The number of rotatable bonds is 9. The maximum absolute atomic E-state index is 11.9. The number of carbonyl (C=O) groups is 1. The molecule has 0 saturated carbocycles. The van der Waals surface area contributed by atoms with Gasteiger partial charge in [-0.25, -0.2) is 0 Å². The van der Waals surface area contributed by atoms with Gasteiger partial charge in [0, 0.05) is 19.7 Å². The van der Waals surface area contributed by atoms with Crippen molar-refractivity contribution in [3.63, 3.8) is 0 Å². The summed E-state index contributed by atoms with van der Waals surface area (Å²) in [4.78, 5) is 13.7. The maximum atomic E-state index is 11.9. The molecule has 96 valence electrons. The third kappa shape index (κ3) is 6.35. The number of hydrogen-bond acceptors (Lipinski definition) is 4. The summed E-state index contributed by atoms with van der Waals surface area (Å²) in [6, 6.07) is -0.367. The molecule has 0 aliphatic rings. The van der Waals surface area contributed by atoms with Gasteiger partial charge < -0.3 is 15.4 Å². The van der Waals surface area contributed by atoms with Gasteiger partial charge in [-0.3, -0.25) is 4.79 Å². The Balaban J connectivity index is 3.97. The van der Waals surface area contributed by atoms with Crippen LogP contribution in [0.25, 0.3) is 0 Å². The Hall–Kier alpha value is -0.260. The largest absolute Gasteiger partial charge is 0.380 e. The first kappa shape index (κ1) is 15.7. The second kappa shape index (κ2) is 9.93. The Labute approximate surface area is 103 Å². The van der Waals surface area contributed by atoms with Crippen LogP contribution >= 0.6 is 11.8 Å². The molecule has 4 nitrogen and oxygen atoms in total. The van der Waals surface area contributed by atoms with Gasteiger partial charge in [-0.1, -0.05) is 0 Å². The summed E-state index contributed by atoms with van der Waals surface area (Å²) in [7, 11) is 0. The lowest BCUT2D eigenvalue weighted by atomic mass is 10.2. The minimum atomic E-state index is -0.367. The van der Waals surface area contributed by atoms with Gasteiger partial charge in [0.15, 0.2) is 0 Å². The number of likely N-dealkylation sites (N-methyl/N-ethyl adjacent to an activating group) is 1. The molecule has 0 bridgehead atoms. The number of amides is 1. The second-order valence-corrected chi connectivity index (χ2v) is 4.49. The number of hydrogen-bond donors (Lipinski definition) is 1. The molecule has 1 amide bonds. The minimum Gasteiger partial charge on any atom is -0.380 e. The third-order valence-corrected chi connectivity index (χ3v) is 3.00. The van der Waals surface area contributed by atoms with Crippen molar-refractivity contribution in [2.75, 3.05) is 38.3 Å². The van der Waals surface area contributed by atoms with Crippen LogP contribution in [0.2, 0.25) is 0 Å². The molecule has 5 heteroatoms. The number of ether oxygens (including phenoxy) is 1. The zero-order valence-corrected chi connectivity index (χ0v) is 11.4. The first-order chi connectivity index (χ1) is 7.67. The Morgan fingerprint density at radius 2 is 2.19 bits per heavy atom. The van der Waals surface area contributed by atoms with Crippen LogP contribution in [0.15, 0.2) is 0 Å². The van der Waals surface area contributed by atoms with E-state index >= 15 is 0 Å². The molecule has 0 heterocycles. The summed E-state index contributed by atoms with van der Waals surface area (Å²) in [6.07, 6.45) is 2.76. The van der Waals surface area contributed by atoms with Crippen LogP contribution in [0.3, 0.4) is 0 Å². The van der Waals surface area contributed by atoms with Crippen LogP contribution in [-0.2, 0) is 9.53 Å². The summed E-state index contributed by atoms with van der Waals surface area (Å²) >= 11 is 1.71. The summed E-state index contributed by atoms with van der Waals surface area (Å²) in [5, 5.41) is 0. The number of carbonyl (C=O) groups excluding carboxylic acids is 1. The van der Waals surface area contributed by atoms with Crippen molar-refractivity contribution in [2.24, 2.45) is 5.73 Å². The summed E-state index contributed by atoms with van der Waals surface area (Å²) in [5.74, 6) is 0.965. The predicted molar refractivity (Wildman–Crippen MR) is 69.7 cm³/mol. The Bertz CT molecular complexity index is 191. The van der Waals surface area contributed by atoms with Crippen molar-refractivity contribution in [2.45, 2.75) is 26.3 Å². The van der Waals surface area contributed by atoms with E-state index in [2.05, 4.69) is 0 Å². The lowest BCUT2D eigenvalue weighted by Crippen LogP contribution is -2.45. The fourth-order valence-electron chi connectivity index (χ4n) is 1.35. The Kier molecular flexibility index (Phi) is 9.77. The summed E-state index contributed by atoms with van der Waals surface area (Å²) < 4.78 is 5.24. The van der Waals surface area contributed by atoms with Crippen LogP contribution in [0.1, 0.15) is 20.3 Å². The number of nitrogens with zero attached hydrogens (tertiary/aromatic N) is 1. The molecular weight excluding hydrogens is 224 g/mol. The molecule has 0 fully saturated rings. The molecule has 0 rings (SSSR count). The van der Waals surface area contributed by atoms with Gasteiger partial charge in [0.1, 0.15) is 0 Å². The van der Waals surface area contributed by atoms with E-state index in [1.165, 1.54) is 0 Å². The molecule has 0 aliphatic heterocycles. The van der Waals surface area contributed by atoms with Crippen molar-refractivity contribution >= 4 is 17.7 Å². The van der Waals surface area contributed by atoms with E-state index in [1.54, 1.807) is 16.7 Å². The quantitative estimate of drug-likeness (QED) is 0.617. The first-order valence-electron chi connectivity index (χ1n) is 5.78. The molecule has 0 aromatic heterocycles. The highest BCUT2D eigenvalue weighted by Gasteiger charge is 2.18. The number of nitrogens with two attached hydrogens (primary N) is 1. The minimum absolute atomic E-state index is 0.0382. The monoisotopic (exact) mass is 248 g/mol. The topological polar surface area (TPSA) is 55.6 Å². The van der Waals surface area contributed by atoms with Gasteiger partial charge in [-0.05, 0) is 32.3 Å². The average molecular weight is 248 g/mol. The predicted octanol–water partition coefficient (Wildman–Crippen LogP) is 0.952. The standard InChI is InChI=1S/C11H24N2O2S/c1-4-13(7-8-15-5-2)11(14)10(12)6-9-16-3/h10H,4-9,12H2,1-3H3/t10-/m1/s1. The second-order valence-electron chi connectivity index (χ2n) is 3.50. The molecule has 2 N–H and O–H groups in total. The highest BCUT2D eigenvalue weighted by atomic mass is 32.2. The lowest BCUT2D eigenvalue weighted by Gasteiger charge is -2.24. The van der Waals surface area contributed by atoms with Crippen LogP contribution in [0, 0.1) is 0 Å². The molecule has 0 aromatic carbocycles. The summed E-state index contributed by atoms with van der Waals surface area (Å²) in [6.45, 7) is 6.51. The fraction of sp³-hybridized carbons (Fsp3) is 0.909. The van der Waals surface area contributed by atoms with Crippen molar-refractivity contribution in [3.8, 4) is 0 Å². The SMILES string of the molecule is CCOCCN(CC)C(=O)[C@H](N)CCSC. The van der Waals surface area contributed by atoms with Gasteiger partial charge in [0.25, 0.3) is 0 Å². The zero-order chi connectivity index (χ0) is 12.4. The van der Waals surface area contributed by atoms with Crippen molar-refractivity contribution in [3.05, 3.63) is 0 Å². The van der Waals surface area contributed by atoms with Crippen LogP contribution < -0.4 is 5.73 Å². The highest BCUT2D eigenvalue weighted by Crippen LogP contribution is 2.02. The van der Waals surface area contributed by atoms with Crippen LogP contribution in [0.4, 0.5) is 0 Å². The molecule has 0 unspecified atom stereocenters. The molecule has 1 atom stereocenters. The van der Waals surface area contributed by atoms with Crippen LogP contribution in [-0.4, -0.2) is 55.2 Å². The van der Waals surface area contributed by atoms with Crippen molar-refractivity contribution in [1.82, 2.24) is 4.90 Å². The van der Waals surface area contributed by atoms with Gasteiger partial charge in [0.2, 0.25) is 5.91 Å². The van der Waals surface area contributed by atoms with E-state index in [-0.39, 0.29) is 11.9 Å². The van der Waals surface area contributed by atoms with Crippen LogP contribution in [0.5, 0.6) is 0 Å². The van der Waals surface area contributed by atoms with E-state index in [9.17, 15) is 4.79 Å². The van der Waals surface area contributed by atoms with E-state index in [4.69, 9.17) is 10.5 Å². The highest BCUT2D eigenvalue weighted by molar-refractivity contribution is 7.98. The van der Waals surface area contributed by atoms with Gasteiger partial charge in [-0.15, -0.1) is 0 Å². The molecule has 0 spiro atoms. The molecule has 0 saturated heterocycles. The molecular formula is C11H24N2O2S. The first-order valence-corrected chi connectivity index (χ1v) is 7.17. The summed E-state index contributed by atoms with van der Waals surface area (Å²) in [5.41, 5.74) is 5.84. The third-order valence-electron chi connectivity index (χ3n) is 2.35. The molecule has 0 aliphatic carbocycles. The fourth-order valence-corrected chi connectivity index (χ4v) is 1.84. The van der Waals surface area contributed by atoms with Gasteiger partial charge in [-0.2, -0.15) is 11.8 Å². The van der Waals surface area contributed by atoms with Gasteiger partial charge >= 0.3 is 0 Å². The molecule has 16 heavy (non-hydrogen) atoms. The Morgan fingerprint density at radius 1 is 1.50 bits per heavy atom. The Morgan fingerprint density at radius 3 is 2.69 bits per heavy atom.